The zero-order valence-electron chi connectivity index (χ0n) is 25.5. The number of carbonyl (C=O) groups excluding carboxylic acids is 2. The summed E-state index contributed by atoms with van der Waals surface area (Å²) in [5.74, 6) is 0.332. The first-order valence-electron chi connectivity index (χ1n) is 15.8. The minimum absolute atomic E-state index is 0.315. The van der Waals surface area contributed by atoms with Gasteiger partial charge in [-0.3, -0.25) is 4.79 Å². The van der Waals surface area contributed by atoms with Crippen LogP contribution in [0, 0.1) is 0 Å². The Morgan fingerprint density at radius 3 is 2.03 bits per heavy atom. The average Bonchev–Trinajstić information content (AvgIpc) is 2.92. The standard InChI is InChI=1S/C33H57N3O3/c1-5-31(37)36(30-22-27-35(28-23-30)26-21-29-19-15-14-16-20-29)25-18-13-11-9-7-6-8-10-12-17-24-34-32(38)39-33(2,3)4/h14-16,19-20,30H,5-13,17-18,21-28H2,1-4H3,(H,34,38). The number of unbranched alkanes of at least 4 members (excludes halogenated alkanes) is 9. The van der Waals surface area contributed by atoms with Gasteiger partial charge < -0.3 is 19.9 Å². The molecule has 1 fully saturated rings. The third-order valence-corrected chi connectivity index (χ3v) is 7.67. The van der Waals surface area contributed by atoms with Gasteiger partial charge in [-0.15, -0.1) is 0 Å². The van der Waals surface area contributed by atoms with Crippen LogP contribution in [0.1, 0.15) is 117 Å². The van der Waals surface area contributed by atoms with Gasteiger partial charge in [-0.2, -0.15) is 0 Å². The van der Waals surface area contributed by atoms with Crippen molar-refractivity contribution in [3.05, 3.63) is 35.9 Å². The van der Waals surface area contributed by atoms with Crippen LogP contribution in [-0.2, 0) is 16.0 Å². The quantitative estimate of drug-likeness (QED) is 0.197. The molecular formula is C33H57N3O3. The van der Waals surface area contributed by atoms with E-state index in [4.69, 9.17) is 4.74 Å². The van der Waals surface area contributed by atoms with E-state index in [1.54, 1.807) is 0 Å². The Balaban J connectivity index is 1.47. The number of benzene rings is 1. The molecule has 0 atom stereocenters. The molecule has 1 N–H and O–H groups in total. The summed E-state index contributed by atoms with van der Waals surface area (Å²) < 4.78 is 5.25. The van der Waals surface area contributed by atoms with Crippen molar-refractivity contribution in [3.8, 4) is 0 Å². The Labute approximate surface area is 239 Å². The topological polar surface area (TPSA) is 61.9 Å². The number of likely N-dealkylation sites (tertiary alicyclic amines) is 1. The lowest BCUT2D eigenvalue weighted by atomic mass is 10.0. The highest BCUT2D eigenvalue weighted by molar-refractivity contribution is 5.76. The van der Waals surface area contributed by atoms with Gasteiger partial charge in [-0.05, 0) is 58.4 Å². The molecule has 1 aliphatic rings. The van der Waals surface area contributed by atoms with Crippen LogP contribution >= 0.6 is 0 Å². The second-order valence-corrected chi connectivity index (χ2v) is 12.2. The second kappa shape index (κ2) is 19.1. The van der Waals surface area contributed by atoms with Crippen molar-refractivity contribution in [3.63, 3.8) is 0 Å². The molecule has 1 aromatic carbocycles. The Kier molecular flexibility index (Phi) is 16.2. The van der Waals surface area contributed by atoms with E-state index in [1.807, 2.05) is 27.7 Å². The van der Waals surface area contributed by atoms with Crippen molar-refractivity contribution in [1.29, 1.82) is 0 Å². The number of alkyl carbamates (subject to hydrolysis) is 1. The molecule has 1 aromatic rings. The van der Waals surface area contributed by atoms with Crippen LogP contribution in [-0.4, -0.2) is 66.2 Å². The van der Waals surface area contributed by atoms with Gasteiger partial charge in [0.05, 0.1) is 0 Å². The van der Waals surface area contributed by atoms with E-state index in [1.165, 1.54) is 50.5 Å². The van der Waals surface area contributed by atoms with E-state index in [9.17, 15) is 9.59 Å². The fraction of sp³-hybridized carbons (Fsp3) is 0.758. The first kappa shape index (κ1) is 33.1. The van der Waals surface area contributed by atoms with Gasteiger partial charge in [-0.25, -0.2) is 4.79 Å². The predicted octanol–water partition coefficient (Wildman–Crippen LogP) is 7.36. The molecule has 0 unspecified atom stereocenters. The van der Waals surface area contributed by atoms with E-state index in [0.29, 0.717) is 24.9 Å². The van der Waals surface area contributed by atoms with Gasteiger partial charge in [0.1, 0.15) is 5.60 Å². The predicted molar refractivity (Wildman–Crippen MR) is 162 cm³/mol. The molecule has 6 nitrogen and oxygen atoms in total. The van der Waals surface area contributed by atoms with Crippen molar-refractivity contribution in [2.75, 3.05) is 32.7 Å². The normalized spacial score (nSPS) is 14.8. The van der Waals surface area contributed by atoms with Gasteiger partial charge in [0.2, 0.25) is 5.91 Å². The molecule has 1 saturated heterocycles. The second-order valence-electron chi connectivity index (χ2n) is 12.2. The first-order chi connectivity index (χ1) is 18.8. The number of nitrogens with zero attached hydrogens (tertiary/aromatic N) is 2. The SMILES string of the molecule is CCC(=O)N(CCCCCCCCCCCCNC(=O)OC(C)(C)C)C1CCN(CCc2ccccc2)CC1. The van der Waals surface area contributed by atoms with Crippen LogP contribution in [0.5, 0.6) is 0 Å². The Bertz CT molecular complexity index is 785. The summed E-state index contributed by atoms with van der Waals surface area (Å²) in [6.07, 6.45) is 15.8. The van der Waals surface area contributed by atoms with E-state index in [0.717, 1.165) is 64.7 Å². The molecular weight excluding hydrogens is 486 g/mol. The fourth-order valence-corrected chi connectivity index (χ4v) is 5.43. The lowest BCUT2D eigenvalue weighted by Gasteiger charge is -2.38. The summed E-state index contributed by atoms with van der Waals surface area (Å²) in [6, 6.07) is 11.2. The minimum atomic E-state index is -0.433. The van der Waals surface area contributed by atoms with Gasteiger partial charge >= 0.3 is 6.09 Å². The molecule has 222 valence electrons. The summed E-state index contributed by atoms with van der Waals surface area (Å²) in [5.41, 5.74) is 0.976. The molecule has 39 heavy (non-hydrogen) atoms. The van der Waals surface area contributed by atoms with Crippen LogP contribution in [0.3, 0.4) is 0 Å². The molecule has 1 heterocycles. The molecule has 0 aromatic heterocycles. The summed E-state index contributed by atoms with van der Waals surface area (Å²) in [5, 5.41) is 2.83. The monoisotopic (exact) mass is 543 g/mol. The number of amides is 2. The molecule has 0 aliphatic carbocycles. The molecule has 1 aliphatic heterocycles. The van der Waals surface area contributed by atoms with Crippen LogP contribution in [0.4, 0.5) is 4.79 Å². The first-order valence-corrected chi connectivity index (χ1v) is 15.8. The zero-order valence-corrected chi connectivity index (χ0v) is 25.5. The largest absolute Gasteiger partial charge is 0.444 e. The van der Waals surface area contributed by atoms with Crippen LogP contribution < -0.4 is 5.32 Å². The lowest BCUT2D eigenvalue weighted by molar-refractivity contribution is -0.134. The molecule has 6 heteroatoms. The summed E-state index contributed by atoms with van der Waals surface area (Å²) >= 11 is 0. The van der Waals surface area contributed by atoms with Gasteiger partial charge in [0.25, 0.3) is 0 Å². The molecule has 2 rings (SSSR count). The summed E-state index contributed by atoms with van der Waals surface area (Å²) in [4.78, 5) is 29.1. The number of ether oxygens (including phenoxy) is 1. The molecule has 0 spiro atoms. The number of hydrogen-bond donors (Lipinski definition) is 1. The van der Waals surface area contributed by atoms with E-state index in [-0.39, 0.29) is 6.09 Å². The number of rotatable bonds is 18. The third kappa shape index (κ3) is 15.3. The highest BCUT2D eigenvalue weighted by Crippen LogP contribution is 2.20. The van der Waals surface area contributed by atoms with Crippen molar-refractivity contribution < 1.29 is 14.3 Å². The van der Waals surface area contributed by atoms with Crippen molar-refractivity contribution in [2.24, 2.45) is 0 Å². The maximum absolute atomic E-state index is 12.7. The zero-order chi connectivity index (χ0) is 28.3. The Morgan fingerprint density at radius 1 is 0.897 bits per heavy atom. The van der Waals surface area contributed by atoms with Crippen molar-refractivity contribution >= 4 is 12.0 Å². The van der Waals surface area contributed by atoms with Gasteiger partial charge in [0, 0.05) is 45.2 Å². The average molecular weight is 544 g/mol. The minimum Gasteiger partial charge on any atom is -0.444 e. The highest BCUT2D eigenvalue weighted by Gasteiger charge is 2.26. The Morgan fingerprint density at radius 2 is 1.46 bits per heavy atom. The van der Waals surface area contributed by atoms with Crippen molar-refractivity contribution in [1.82, 2.24) is 15.1 Å². The van der Waals surface area contributed by atoms with Gasteiger partial charge in [-0.1, -0.05) is 88.6 Å². The lowest BCUT2D eigenvalue weighted by Crippen LogP contribution is -2.48. The van der Waals surface area contributed by atoms with E-state index >= 15 is 0 Å². The van der Waals surface area contributed by atoms with Crippen LogP contribution in [0.25, 0.3) is 0 Å². The maximum Gasteiger partial charge on any atom is 0.407 e. The van der Waals surface area contributed by atoms with Crippen LogP contribution in [0.2, 0.25) is 0 Å². The van der Waals surface area contributed by atoms with E-state index < -0.39 is 5.60 Å². The summed E-state index contributed by atoms with van der Waals surface area (Å²) in [7, 11) is 0. The number of nitrogens with one attached hydrogen (secondary N) is 1. The Hall–Kier alpha value is -2.08. The van der Waals surface area contributed by atoms with E-state index in [2.05, 4.69) is 45.4 Å². The third-order valence-electron chi connectivity index (χ3n) is 7.67. The maximum atomic E-state index is 12.7. The van der Waals surface area contributed by atoms with Crippen LogP contribution in [0.15, 0.2) is 30.3 Å². The molecule has 0 bridgehead atoms. The summed E-state index contributed by atoms with van der Waals surface area (Å²) in [6.45, 7) is 12.6. The molecule has 0 saturated carbocycles. The smallest absolute Gasteiger partial charge is 0.407 e. The molecule has 0 radical (unpaired) electrons. The number of hydrogen-bond acceptors (Lipinski definition) is 4. The highest BCUT2D eigenvalue weighted by atomic mass is 16.6. The molecule has 2 amide bonds. The fourth-order valence-electron chi connectivity index (χ4n) is 5.43. The van der Waals surface area contributed by atoms with Crippen molar-refractivity contribution in [2.45, 2.75) is 129 Å². The number of piperidine rings is 1. The number of carbonyl (C=O) groups is 2. The van der Waals surface area contributed by atoms with Gasteiger partial charge in [0.15, 0.2) is 0 Å².